The van der Waals surface area contributed by atoms with Gasteiger partial charge in [0.05, 0.1) is 28.4 Å². The number of rotatable bonds is 8. The Morgan fingerprint density at radius 1 is 1.11 bits per heavy atom. The van der Waals surface area contributed by atoms with Gasteiger partial charge in [0.2, 0.25) is 10.0 Å². The number of nitrogens with one attached hydrogen (secondary N) is 1. The van der Waals surface area contributed by atoms with Gasteiger partial charge in [0.1, 0.15) is 5.82 Å². The van der Waals surface area contributed by atoms with Crippen molar-refractivity contribution in [2.45, 2.75) is 56.4 Å². The summed E-state index contributed by atoms with van der Waals surface area (Å²) in [5.74, 6) is 0.580. The second-order valence-corrected chi connectivity index (χ2v) is 13.3. The third-order valence-electron chi connectivity index (χ3n) is 6.90. The normalized spacial score (nSPS) is 20.5. The third-order valence-corrected chi connectivity index (χ3v) is 10.1. The van der Waals surface area contributed by atoms with E-state index in [0.717, 1.165) is 9.54 Å². The van der Waals surface area contributed by atoms with Crippen molar-refractivity contribution >= 4 is 36.9 Å². The van der Waals surface area contributed by atoms with Gasteiger partial charge in [-0.2, -0.15) is 5.26 Å². The van der Waals surface area contributed by atoms with Gasteiger partial charge in [-0.1, -0.05) is 24.6 Å². The molecule has 1 N–H and O–H groups in total. The number of fused-ring (bicyclic) bond motifs is 3. The van der Waals surface area contributed by atoms with E-state index in [1.165, 1.54) is 12.4 Å². The SMILES string of the molecule is Cc1ccc(S(=O)(=O)n2ccc3c2ncc2nnc([C@H]4C[C@@H](NS(=O)(=O)CCCC#N)C[C@H]4C)n23)cc1. The van der Waals surface area contributed by atoms with Gasteiger partial charge in [-0.25, -0.2) is 30.5 Å². The molecule has 1 aliphatic rings. The zero-order valence-electron chi connectivity index (χ0n) is 20.4. The first-order valence-electron chi connectivity index (χ1n) is 12.0. The fourth-order valence-electron chi connectivity index (χ4n) is 5.07. The van der Waals surface area contributed by atoms with E-state index in [1.54, 1.807) is 30.3 Å². The number of sulfonamides is 1. The van der Waals surface area contributed by atoms with Crippen LogP contribution in [0, 0.1) is 24.2 Å². The minimum absolute atomic E-state index is 0.0841. The molecule has 13 heteroatoms. The molecular formula is C24H27N7O4S2. The van der Waals surface area contributed by atoms with E-state index in [2.05, 4.69) is 19.9 Å². The van der Waals surface area contributed by atoms with Crippen LogP contribution in [0.1, 0.15) is 49.9 Å². The van der Waals surface area contributed by atoms with E-state index in [1.807, 2.05) is 24.3 Å². The van der Waals surface area contributed by atoms with E-state index in [-0.39, 0.29) is 40.6 Å². The number of benzene rings is 1. The summed E-state index contributed by atoms with van der Waals surface area (Å²) in [4.78, 5) is 4.55. The maximum absolute atomic E-state index is 13.4. The van der Waals surface area contributed by atoms with Crippen LogP contribution in [-0.2, 0) is 20.0 Å². The van der Waals surface area contributed by atoms with E-state index >= 15 is 0 Å². The van der Waals surface area contributed by atoms with Crippen molar-refractivity contribution < 1.29 is 16.8 Å². The molecule has 1 saturated carbocycles. The smallest absolute Gasteiger partial charge is 0.269 e. The number of aromatic nitrogens is 5. The zero-order chi connectivity index (χ0) is 26.4. The highest BCUT2D eigenvalue weighted by atomic mass is 32.2. The highest BCUT2D eigenvalue weighted by Gasteiger charge is 2.37. The van der Waals surface area contributed by atoms with Crippen molar-refractivity contribution in [1.82, 2.24) is 28.3 Å². The van der Waals surface area contributed by atoms with Gasteiger partial charge in [-0.3, -0.25) is 4.40 Å². The molecule has 5 rings (SSSR count). The average molecular weight is 542 g/mol. The Morgan fingerprint density at radius 3 is 2.59 bits per heavy atom. The number of hydrogen-bond acceptors (Lipinski definition) is 8. The van der Waals surface area contributed by atoms with Crippen LogP contribution in [-0.4, -0.2) is 52.2 Å². The molecule has 194 valence electrons. The molecule has 3 aromatic heterocycles. The van der Waals surface area contributed by atoms with Crippen LogP contribution in [0.25, 0.3) is 16.8 Å². The molecule has 0 radical (unpaired) electrons. The first-order chi connectivity index (χ1) is 17.6. The lowest BCUT2D eigenvalue weighted by molar-refractivity contribution is 0.505. The van der Waals surface area contributed by atoms with Crippen molar-refractivity contribution in [2.24, 2.45) is 5.92 Å². The molecule has 37 heavy (non-hydrogen) atoms. The van der Waals surface area contributed by atoms with Gasteiger partial charge < -0.3 is 0 Å². The minimum atomic E-state index is -3.87. The molecule has 4 aromatic rings. The molecule has 11 nitrogen and oxygen atoms in total. The molecule has 3 heterocycles. The standard InChI is InChI=1S/C24H27N7O4S2/c1-16-5-7-19(8-6-16)37(34,35)30-11-9-21-24(30)26-15-22-27-28-23(31(21)22)20-14-18(13-17(20)2)29-36(32,33)12-4-3-10-25/h5-9,11,15,17-18,20,29H,3-4,12-14H2,1-2H3/t17-,18+,20+/m1/s1. The van der Waals surface area contributed by atoms with Crippen molar-refractivity contribution in [2.75, 3.05) is 5.75 Å². The number of nitriles is 1. The summed E-state index contributed by atoms with van der Waals surface area (Å²) in [7, 11) is -7.37. The van der Waals surface area contributed by atoms with Crippen LogP contribution in [0.5, 0.6) is 0 Å². The lowest BCUT2D eigenvalue weighted by Crippen LogP contribution is -2.34. The van der Waals surface area contributed by atoms with E-state index in [0.29, 0.717) is 36.3 Å². The molecule has 0 aliphatic heterocycles. The molecule has 0 spiro atoms. The first kappa shape index (κ1) is 25.3. The maximum Gasteiger partial charge on any atom is 0.269 e. The Hall–Kier alpha value is -3.34. The molecule has 1 aromatic carbocycles. The monoisotopic (exact) mass is 541 g/mol. The van der Waals surface area contributed by atoms with Gasteiger partial charge in [-0.15, -0.1) is 10.2 Å². The minimum Gasteiger partial charge on any atom is -0.274 e. The topological polar surface area (TPSA) is 152 Å². The molecule has 3 atom stereocenters. The highest BCUT2D eigenvalue weighted by Crippen LogP contribution is 2.40. The van der Waals surface area contributed by atoms with Crippen molar-refractivity contribution in [1.29, 1.82) is 5.26 Å². The fraction of sp³-hybridized carbons (Fsp3) is 0.417. The summed E-state index contributed by atoms with van der Waals surface area (Å²) in [5, 5.41) is 17.3. The number of aryl methyl sites for hydroxylation is 1. The Morgan fingerprint density at radius 2 is 1.86 bits per heavy atom. The van der Waals surface area contributed by atoms with Crippen LogP contribution in [0.15, 0.2) is 47.6 Å². The maximum atomic E-state index is 13.4. The Kier molecular flexibility index (Phi) is 6.51. The van der Waals surface area contributed by atoms with Gasteiger partial charge >= 0.3 is 0 Å². The Bertz CT molecular complexity index is 1720. The second-order valence-electron chi connectivity index (χ2n) is 9.60. The van der Waals surface area contributed by atoms with Crippen LogP contribution in [0.2, 0.25) is 0 Å². The summed E-state index contributed by atoms with van der Waals surface area (Å²) in [6, 6.07) is 10.0. The predicted octanol–water partition coefficient (Wildman–Crippen LogP) is 2.73. The summed E-state index contributed by atoms with van der Waals surface area (Å²) in [6.07, 6.45) is 4.63. The molecule has 0 saturated heterocycles. The van der Waals surface area contributed by atoms with Gasteiger partial charge in [-0.05, 0) is 50.3 Å². The van der Waals surface area contributed by atoms with Crippen LogP contribution in [0.3, 0.4) is 0 Å². The third kappa shape index (κ3) is 4.72. The number of hydrogen-bond donors (Lipinski definition) is 1. The first-order valence-corrected chi connectivity index (χ1v) is 15.1. The summed E-state index contributed by atoms with van der Waals surface area (Å²) < 4.78 is 57.4. The number of unbranched alkanes of at least 4 members (excludes halogenated alkanes) is 1. The van der Waals surface area contributed by atoms with E-state index in [9.17, 15) is 16.8 Å². The van der Waals surface area contributed by atoms with Gasteiger partial charge in [0.25, 0.3) is 10.0 Å². The second kappa shape index (κ2) is 9.51. The number of nitrogens with zero attached hydrogens (tertiary/aromatic N) is 6. The predicted molar refractivity (Wildman–Crippen MR) is 137 cm³/mol. The quantitative estimate of drug-likeness (QED) is 0.334. The van der Waals surface area contributed by atoms with E-state index in [4.69, 9.17) is 5.26 Å². The fourth-order valence-corrected chi connectivity index (χ4v) is 7.71. The van der Waals surface area contributed by atoms with E-state index < -0.39 is 20.0 Å². The van der Waals surface area contributed by atoms with Crippen LogP contribution >= 0.6 is 0 Å². The molecule has 1 aliphatic carbocycles. The van der Waals surface area contributed by atoms with Crippen LogP contribution < -0.4 is 4.72 Å². The Balaban J connectivity index is 1.48. The summed E-state index contributed by atoms with van der Waals surface area (Å²) in [5.41, 5.74) is 2.26. The molecule has 0 bridgehead atoms. The largest absolute Gasteiger partial charge is 0.274 e. The van der Waals surface area contributed by atoms with Crippen molar-refractivity contribution in [3.63, 3.8) is 0 Å². The molecule has 0 unspecified atom stereocenters. The lowest BCUT2D eigenvalue weighted by Gasteiger charge is -2.14. The summed E-state index contributed by atoms with van der Waals surface area (Å²) in [6.45, 7) is 3.93. The van der Waals surface area contributed by atoms with Crippen LogP contribution in [0.4, 0.5) is 0 Å². The Labute approximate surface area is 215 Å². The van der Waals surface area contributed by atoms with Gasteiger partial charge in [0, 0.05) is 24.6 Å². The highest BCUT2D eigenvalue weighted by molar-refractivity contribution is 7.90. The molecule has 0 amide bonds. The van der Waals surface area contributed by atoms with Crippen molar-refractivity contribution in [3.8, 4) is 6.07 Å². The van der Waals surface area contributed by atoms with Gasteiger partial charge in [0.15, 0.2) is 11.3 Å². The molecule has 1 fully saturated rings. The zero-order valence-corrected chi connectivity index (χ0v) is 22.1. The lowest BCUT2D eigenvalue weighted by atomic mass is 9.97. The average Bonchev–Trinajstić information content (AvgIpc) is 3.55. The van der Waals surface area contributed by atoms with Crippen molar-refractivity contribution in [3.05, 3.63) is 54.1 Å². The molecular weight excluding hydrogens is 514 g/mol. The summed E-state index contributed by atoms with van der Waals surface area (Å²) >= 11 is 0.